The first-order valence-corrected chi connectivity index (χ1v) is 13.2. The zero-order valence-electron chi connectivity index (χ0n) is 21.4. The van der Waals surface area contributed by atoms with E-state index >= 15 is 0 Å². The number of benzene rings is 3. The Kier molecular flexibility index (Phi) is 5.98. The highest BCUT2D eigenvalue weighted by atomic mass is 16.5. The van der Waals surface area contributed by atoms with Crippen molar-refractivity contribution in [2.24, 2.45) is 23.7 Å². The number of imide groups is 1. The van der Waals surface area contributed by atoms with Crippen molar-refractivity contribution in [3.05, 3.63) is 101 Å². The first-order valence-electron chi connectivity index (χ1n) is 13.2. The predicted molar refractivity (Wildman–Crippen MR) is 142 cm³/mol. The number of rotatable bonds is 6. The van der Waals surface area contributed by atoms with Gasteiger partial charge in [0.25, 0.3) is 0 Å². The summed E-state index contributed by atoms with van der Waals surface area (Å²) in [6, 6.07) is 23.7. The molecule has 1 saturated heterocycles. The average molecular weight is 508 g/mol. The summed E-state index contributed by atoms with van der Waals surface area (Å²) >= 11 is 0. The summed E-state index contributed by atoms with van der Waals surface area (Å²) < 4.78 is 5.46. The van der Waals surface area contributed by atoms with Gasteiger partial charge in [-0.25, -0.2) is 4.79 Å². The second kappa shape index (κ2) is 9.35. The number of nitrogens with zero attached hydrogens (tertiary/aromatic N) is 1. The molecule has 3 aliphatic rings. The molecule has 6 nitrogen and oxygen atoms in total. The highest BCUT2D eigenvalue weighted by Crippen LogP contribution is 2.61. The van der Waals surface area contributed by atoms with Crippen LogP contribution in [0.5, 0.6) is 0 Å². The topological polar surface area (TPSA) is 80.8 Å². The minimum Gasteiger partial charge on any atom is -0.451 e. The molecule has 2 aliphatic carbocycles. The van der Waals surface area contributed by atoms with Gasteiger partial charge in [0.1, 0.15) is 0 Å². The highest BCUT2D eigenvalue weighted by molar-refractivity contribution is 6.23. The Labute approximate surface area is 221 Å². The van der Waals surface area contributed by atoms with E-state index in [0.717, 1.165) is 18.4 Å². The van der Waals surface area contributed by atoms with E-state index in [1.165, 1.54) is 23.5 Å². The maximum atomic E-state index is 13.6. The van der Waals surface area contributed by atoms with Crippen LogP contribution in [0, 0.1) is 30.6 Å². The third-order valence-corrected chi connectivity index (χ3v) is 8.57. The lowest BCUT2D eigenvalue weighted by Gasteiger charge is -2.28. The fourth-order valence-electron chi connectivity index (χ4n) is 6.80. The van der Waals surface area contributed by atoms with Crippen molar-refractivity contribution < 1.29 is 23.9 Å². The second-order valence-corrected chi connectivity index (χ2v) is 10.8. The lowest BCUT2D eigenvalue weighted by atomic mass is 9.73. The fourth-order valence-corrected chi connectivity index (χ4v) is 6.80. The van der Waals surface area contributed by atoms with Gasteiger partial charge in [-0.1, -0.05) is 66.2 Å². The van der Waals surface area contributed by atoms with Gasteiger partial charge in [0.15, 0.2) is 6.10 Å². The summed E-state index contributed by atoms with van der Waals surface area (Å²) in [7, 11) is 0. The molecule has 6 atom stereocenters. The van der Waals surface area contributed by atoms with Gasteiger partial charge in [0, 0.05) is 5.56 Å². The minimum absolute atomic E-state index is 0.149. The molecule has 0 N–H and O–H groups in total. The fraction of sp³-hybridized carbons (Fsp3) is 0.312. The molecule has 1 heterocycles. The number of aryl methyl sites for hydroxylation is 1. The molecule has 0 aromatic heterocycles. The van der Waals surface area contributed by atoms with Crippen LogP contribution < -0.4 is 4.90 Å². The van der Waals surface area contributed by atoms with Crippen molar-refractivity contribution in [2.45, 2.75) is 38.7 Å². The van der Waals surface area contributed by atoms with Gasteiger partial charge in [0.05, 0.1) is 23.1 Å². The molecule has 2 amide bonds. The smallest absolute Gasteiger partial charge is 0.338 e. The van der Waals surface area contributed by atoms with E-state index in [2.05, 4.69) is 12.1 Å². The van der Waals surface area contributed by atoms with Crippen molar-refractivity contribution >= 4 is 29.3 Å². The van der Waals surface area contributed by atoms with Crippen LogP contribution in [0.3, 0.4) is 0 Å². The summed E-state index contributed by atoms with van der Waals surface area (Å²) in [6.45, 7) is 3.47. The zero-order valence-corrected chi connectivity index (χ0v) is 21.4. The van der Waals surface area contributed by atoms with Crippen molar-refractivity contribution in [1.82, 2.24) is 0 Å². The van der Waals surface area contributed by atoms with E-state index in [1.807, 2.05) is 37.3 Å². The average Bonchev–Trinajstić information content (AvgIpc) is 3.60. The number of ketones is 1. The predicted octanol–water partition coefficient (Wildman–Crippen LogP) is 5.35. The van der Waals surface area contributed by atoms with Crippen LogP contribution in [0.1, 0.15) is 57.5 Å². The van der Waals surface area contributed by atoms with Crippen LogP contribution in [0.15, 0.2) is 78.9 Å². The van der Waals surface area contributed by atoms with Crippen LogP contribution in [-0.2, 0) is 14.3 Å². The summed E-state index contributed by atoms with van der Waals surface area (Å²) in [4.78, 5) is 54.0. The molecule has 0 spiro atoms. The molecule has 3 aromatic carbocycles. The molecule has 0 unspecified atom stereocenters. The normalized spacial score (nSPS) is 26.4. The minimum atomic E-state index is -0.978. The van der Waals surface area contributed by atoms with E-state index in [1.54, 1.807) is 30.3 Å². The van der Waals surface area contributed by atoms with E-state index in [0.29, 0.717) is 11.3 Å². The highest BCUT2D eigenvalue weighted by Gasteiger charge is 2.64. The SMILES string of the molecule is Cc1ccc(C(=O)[C@@H](C)OC(=O)c2cccc(N3C(=O)[C@H]4[C@H]5C[C@@H]([C@@H]4C3=O)[C@H](c3ccccc3)C5)c2)cc1. The first kappa shape index (κ1) is 24.3. The molecule has 2 saturated carbocycles. The van der Waals surface area contributed by atoms with Crippen LogP contribution in [0.4, 0.5) is 5.69 Å². The van der Waals surface area contributed by atoms with Gasteiger partial charge in [-0.2, -0.15) is 0 Å². The van der Waals surface area contributed by atoms with Crippen molar-refractivity contribution in [2.75, 3.05) is 4.90 Å². The number of ether oxygens (including phenoxy) is 1. The molecule has 1 aliphatic heterocycles. The molecule has 2 bridgehead atoms. The number of carbonyl (C=O) groups excluding carboxylic acids is 4. The van der Waals surface area contributed by atoms with Crippen LogP contribution in [-0.4, -0.2) is 29.7 Å². The summed E-state index contributed by atoms with van der Waals surface area (Å²) in [5.74, 6) is -1.32. The molecule has 6 rings (SSSR count). The third-order valence-electron chi connectivity index (χ3n) is 8.57. The van der Waals surface area contributed by atoms with Crippen LogP contribution in [0.2, 0.25) is 0 Å². The Hall–Kier alpha value is -4.06. The molecule has 38 heavy (non-hydrogen) atoms. The quantitative estimate of drug-likeness (QED) is 0.255. The molecule has 3 fully saturated rings. The lowest BCUT2D eigenvalue weighted by molar-refractivity contribution is -0.123. The summed E-state index contributed by atoms with van der Waals surface area (Å²) in [6.07, 6.45) is 0.843. The van der Waals surface area contributed by atoms with Crippen molar-refractivity contribution in [1.29, 1.82) is 0 Å². The number of hydrogen-bond acceptors (Lipinski definition) is 5. The van der Waals surface area contributed by atoms with Gasteiger partial charge in [-0.3, -0.25) is 19.3 Å². The number of Topliss-reactive ketones (excluding diaryl/α,β-unsaturated/α-hetero) is 1. The molecule has 3 aromatic rings. The third kappa shape index (κ3) is 3.95. The van der Waals surface area contributed by atoms with Gasteiger partial charge >= 0.3 is 5.97 Å². The summed E-state index contributed by atoms with van der Waals surface area (Å²) in [5.41, 5.74) is 3.29. The number of amides is 2. The second-order valence-electron chi connectivity index (χ2n) is 10.8. The Morgan fingerprint density at radius 2 is 1.55 bits per heavy atom. The Morgan fingerprint density at radius 3 is 2.29 bits per heavy atom. The molecular weight excluding hydrogens is 478 g/mol. The summed E-state index contributed by atoms with van der Waals surface area (Å²) in [5, 5.41) is 0. The standard InChI is InChI=1S/C32H29NO5/c1-18-11-13-21(14-12-18)29(34)19(2)38-32(37)22-9-6-10-24(15-22)33-30(35)27-23-16-25(20-7-4-3-5-8-20)26(17-23)28(27)31(33)36/h3-15,19,23,25-28H,16-17H2,1-2H3/t19-,23-,25+,26-,27+,28+/m1/s1. The number of hydrogen-bond donors (Lipinski definition) is 0. The van der Waals surface area contributed by atoms with E-state index in [-0.39, 0.29) is 52.8 Å². The number of esters is 1. The van der Waals surface area contributed by atoms with Gasteiger partial charge < -0.3 is 4.74 Å². The van der Waals surface area contributed by atoms with E-state index in [9.17, 15) is 19.2 Å². The van der Waals surface area contributed by atoms with Crippen molar-refractivity contribution in [3.63, 3.8) is 0 Å². The van der Waals surface area contributed by atoms with Gasteiger partial charge in [0.2, 0.25) is 17.6 Å². The molecule has 6 heteroatoms. The van der Waals surface area contributed by atoms with Crippen LogP contribution >= 0.6 is 0 Å². The monoisotopic (exact) mass is 507 g/mol. The first-order chi connectivity index (χ1) is 18.3. The molecule has 192 valence electrons. The van der Waals surface area contributed by atoms with Gasteiger partial charge in [-0.05, 0) is 68.2 Å². The Balaban J connectivity index is 1.19. The van der Waals surface area contributed by atoms with Crippen LogP contribution in [0.25, 0.3) is 0 Å². The number of fused-ring (bicyclic) bond motifs is 5. The van der Waals surface area contributed by atoms with Gasteiger partial charge in [-0.15, -0.1) is 0 Å². The Bertz CT molecular complexity index is 1430. The van der Waals surface area contributed by atoms with Crippen molar-refractivity contribution in [3.8, 4) is 0 Å². The molecule has 0 radical (unpaired) electrons. The van der Waals surface area contributed by atoms with E-state index in [4.69, 9.17) is 4.74 Å². The Morgan fingerprint density at radius 1 is 0.842 bits per heavy atom. The van der Waals surface area contributed by atoms with E-state index < -0.39 is 12.1 Å². The lowest BCUT2D eigenvalue weighted by Crippen LogP contribution is -2.33. The largest absolute Gasteiger partial charge is 0.451 e. The number of carbonyl (C=O) groups is 4. The molecular formula is C32H29NO5. The maximum absolute atomic E-state index is 13.6. The number of anilines is 1. The zero-order chi connectivity index (χ0) is 26.6. The maximum Gasteiger partial charge on any atom is 0.338 e.